The lowest BCUT2D eigenvalue weighted by atomic mass is 9.86. The van der Waals surface area contributed by atoms with Crippen molar-refractivity contribution in [3.05, 3.63) is 99.0 Å². The van der Waals surface area contributed by atoms with Gasteiger partial charge in [-0.3, -0.25) is 19.6 Å². The highest BCUT2D eigenvalue weighted by Crippen LogP contribution is 2.46. The molecule has 0 N–H and O–H groups in total. The van der Waals surface area contributed by atoms with Crippen LogP contribution in [0.25, 0.3) is 0 Å². The number of benzene rings is 3. The van der Waals surface area contributed by atoms with Gasteiger partial charge < -0.3 is 19.3 Å². The van der Waals surface area contributed by atoms with Gasteiger partial charge in [-0.15, -0.1) is 12.4 Å². The number of amidine groups is 1. The van der Waals surface area contributed by atoms with Gasteiger partial charge in [0.05, 0.1) is 38.0 Å². The van der Waals surface area contributed by atoms with Crippen molar-refractivity contribution in [1.82, 2.24) is 19.6 Å². The zero-order valence-corrected chi connectivity index (χ0v) is 31.4. The molecule has 3 heterocycles. The Labute approximate surface area is 311 Å². The van der Waals surface area contributed by atoms with E-state index in [9.17, 15) is 9.59 Å². The summed E-state index contributed by atoms with van der Waals surface area (Å²) in [7, 11) is 0. The second-order valence-electron chi connectivity index (χ2n) is 13.7. The average Bonchev–Trinajstić information content (AvgIpc) is 3.49. The van der Waals surface area contributed by atoms with Crippen LogP contribution >= 0.6 is 35.6 Å². The van der Waals surface area contributed by atoms with Gasteiger partial charge in [0.25, 0.3) is 0 Å². The standard InChI is InChI=1S/C38H45Cl2N5O4.ClH/c1-5-49-32-24-28(38(2,3)4)10-15-31(32)36-41-34(26-6-11-29(39)12-7-26)35(27-8-13-30(40)14-9-27)45(36)37(47)44-18-16-42(17-19-44)25-33(46)43-20-22-48-23-21-43;/h6-15,24,34-35H,5,16-23,25H2,1-4H3;1H. The van der Waals surface area contributed by atoms with Crippen molar-refractivity contribution in [2.45, 2.75) is 45.2 Å². The van der Waals surface area contributed by atoms with E-state index in [1.165, 1.54) is 0 Å². The summed E-state index contributed by atoms with van der Waals surface area (Å²) in [5, 5.41) is 1.24. The van der Waals surface area contributed by atoms with Crippen LogP contribution in [0.2, 0.25) is 10.0 Å². The molecule has 6 rings (SSSR count). The molecule has 50 heavy (non-hydrogen) atoms. The van der Waals surface area contributed by atoms with E-state index in [1.54, 1.807) is 0 Å². The summed E-state index contributed by atoms with van der Waals surface area (Å²) in [4.78, 5) is 40.9. The van der Waals surface area contributed by atoms with E-state index in [0.29, 0.717) is 87.3 Å². The van der Waals surface area contributed by atoms with Crippen molar-refractivity contribution >= 4 is 53.4 Å². The number of hydrogen-bond donors (Lipinski definition) is 0. The molecule has 3 amide bonds. The smallest absolute Gasteiger partial charge is 0.326 e. The van der Waals surface area contributed by atoms with Crippen molar-refractivity contribution < 1.29 is 19.1 Å². The van der Waals surface area contributed by atoms with Crippen LogP contribution in [0.3, 0.4) is 0 Å². The van der Waals surface area contributed by atoms with Crippen molar-refractivity contribution in [2.75, 3.05) is 65.6 Å². The molecular weight excluding hydrogens is 697 g/mol. The molecule has 0 saturated carbocycles. The van der Waals surface area contributed by atoms with Gasteiger partial charge in [-0.2, -0.15) is 0 Å². The fourth-order valence-electron chi connectivity index (χ4n) is 6.66. The average molecular weight is 743 g/mol. The summed E-state index contributed by atoms with van der Waals surface area (Å²) in [6, 6.07) is 20.5. The van der Waals surface area contributed by atoms with Crippen LogP contribution in [0.5, 0.6) is 5.75 Å². The SMILES string of the molecule is CCOc1cc(C(C)(C)C)ccc1C1=NC(c2ccc(Cl)cc2)C(c2ccc(Cl)cc2)N1C(=O)N1CCN(CC(=O)N2CCOCC2)CC1.Cl. The topological polar surface area (TPSA) is 77.9 Å². The van der Waals surface area contributed by atoms with E-state index in [1.807, 2.05) is 76.2 Å². The fraction of sp³-hybridized carbons (Fsp3) is 0.447. The fourth-order valence-corrected chi connectivity index (χ4v) is 6.91. The molecule has 0 bridgehead atoms. The van der Waals surface area contributed by atoms with Crippen molar-refractivity contribution in [1.29, 1.82) is 0 Å². The van der Waals surface area contributed by atoms with Crippen LogP contribution in [0, 0.1) is 0 Å². The number of amides is 3. The second-order valence-corrected chi connectivity index (χ2v) is 14.6. The summed E-state index contributed by atoms with van der Waals surface area (Å²) < 4.78 is 11.7. The largest absolute Gasteiger partial charge is 0.493 e. The van der Waals surface area contributed by atoms with E-state index >= 15 is 0 Å². The van der Waals surface area contributed by atoms with Crippen LogP contribution in [-0.2, 0) is 14.9 Å². The maximum atomic E-state index is 14.9. The molecule has 3 aliphatic heterocycles. The third-order valence-electron chi connectivity index (χ3n) is 9.45. The lowest BCUT2D eigenvalue weighted by Gasteiger charge is -2.39. The molecule has 2 atom stereocenters. The second kappa shape index (κ2) is 16.3. The normalized spacial score (nSPS) is 20.0. The summed E-state index contributed by atoms with van der Waals surface area (Å²) in [6.07, 6.45) is 0. The predicted molar refractivity (Wildman–Crippen MR) is 201 cm³/mol. The first-order valence-electron chi connectivity index (χ1n) is 17.1. The minimum Gasteiger partial charge on any atom is -0.493 e. The maximum Gasteiger partial charge on any atom is 0.326 e. The van der Waals surface area contributed by atoms with Gasteiger partial charge in [0.1, 0.15) is 17.6 Å². The third kappa shape index (κ3) is 8.40. The lowest BCUT2D eigenvalue weighted by molar-refractivity contribution is -0.136. The molecule has 0 aliphatic carbocycles. The van der Waals surface area contributed by atoms with Crippen molar-refractivity contribution in [3.8, 4) is 5.75 Å². The van der Waals surface area contributed by atoms with Gasteiger partial charge in [-0.25, -0.2) is 4.79 Å². The molecule has 0 spiro atoms. The zero-order chi connectivity index (χ0) is 34.7. The molecule has 0 aromatic heterocycles. The van der Waals surface area contributed by atoms with Gasteiger partial charge in [-0.05, 0) is 65.4 Å². The van der Waals surface area contributed by atoms with Crippen molar-refractivity contribution in [2.24, 2.45) is 4.99 Å². The van der Waals surface area contributed by atoms with Gasteiger partial charge in [0.2, 0.25) is 5.91 Å². The summed E-state index contributed by atoms with van der Waals surface area (Å²) >= 11 is 12.7. The first-order valence-corrected chi connectivity index (χ1v) is 17.8. The number of piperazine rings is 1. The first-order chi connectivity index (χ1) is 23.5. The van der Waals surface area contributed by atoms with Gasteiger partial charge in [0, 0.05) is 49.3 Å². The number of urea groups is 1. The minimum absolute atomic E-state index is 0. The molecule has 3 aromatic carbocycles. The number of carbonyl (C=O) groups excluding carboxylic acids is 2. The molecule has 12 heteroatoms. The van der Waals surface area contributed by atoms with Gasteiger partial charge in [0.15, 0.2) is 0 Å². The van der Waals surface area contributed by atoms with E-state index < -0.39 is 12.1 Å². The number of halogens is 3. The number of morpholine rings is 1. The minimum atomic E-state index is -0.460. The Hall–Kier alpha value is -3.34. The van der Waals surface area contributed by atoms with E-state index in [2.05, 4.69) is 37.8 Å². The highest BCUT2D eigenvalue weighted by Gasteiger charge is 2.45. The Balaban J connectivity index is 0.00000486. The highest BCUT2D eigenvalue weighted by molar-refractivity contribution is 6.30. The Morgan fingerprint density at radius 1 is 0.840 bits per heavy atom. The number of ether oxygens (including phenoxy) is 2. The molecule has 0 radical (unpaired) electrons. The zero-order valence-electron chi connectivity index (χ0n) is 29.1. The maximum absolute atomic E-state index is 14.9. The Kier molecular flexibility index (Phi) is 12.4. The lowest BCUT2D eigenvalue weighted by Crippen LogP contribution is -2.56. The van der Waals surface area contributed by atoms with Gasteiger partial charge in [-0.1, -0.05) is 74.3 Å². The number of rotatable bonds is 7. The Bertz CT molecular complexity index is 1670. The number of hydrogen-bond acceptors (Lipinski definition) is 6. The van der Waals surface area contributed by atoms with Crippen LogP contribution in [0.1, 0.15) is 62.0 Å². The Morgan fingerprint density at radius 2 is 1.44 bits per heavy atom. The molecule has 3 aromatic rings. The molecular formula is C38H46Cl3N5O4. The molecule has 2 fully saturated rings. The van der Waals surface area contributed by atoms with E-state index in [0.717, 1.165) is 22.3 Å². The van der Waals surface area contributed by atoms with Crippen LogP contribution < -0.4 is 4.74 Å². The number of nitrogens with zero attached hydrogens (tertiary/aromatic N) is 5. The summed E-state index contributed by atoms with van der Waals surface area (Å²) in [5.41, 5.74) is 3.64. The summed E-state index contributed by atoms with van der Waals surface area (Å²) in [6.45, 7) is 13.8. The van der Waals surface area contributed by atoms with E-state index in [4.69, 9.17) is 37.7 Å². The van der Waals surface area contributed by atoms with Gasteiger partial charge >= 0.3 is 6.03 Å². The highest BCUT2D eigenvalue weighted by atomic mass is 35.5. The third-order valence-corrected chi connectivity index (χ3v) is 9.95. The number of aliphatic imine (C=N–C) groups is 1. The molecule has 268 valence electrons. The molecule has 2 unspecified atom stereocenters. The quantitative estimate of drug-likeness (QED) is 0.255. The summed E-state index contributed by atoms with van der Waals surface area (Å²) in [5.74, 6) is 1.34. The monoisotopic (exact) mass is 741 g/mol. The van der Waals surface area contributed by atoms with Crippen LogP contribution in [0.15, 0.2) is 71.7 Å². The Morgan fingerprint density at radius 3 is 2.02 bits per heavy atom. The number of carbonyl (C=O) groups is 2. The van der Waals surface area contributed by atoms with Crippen LogP contribution in [0.4, 0.5) is 4.79 Å². The van der Waals surface area contributed by atoms with Crippen molar-refractivity contribution in [3.63, 3.8) is 0 Å². The molecule has 3 aliphatic rings. The molecule has 2 saturated heterocycles. The van der Waals surface area contributed by atoms with Crippen LogP contribution in [-0.4, -0.2) is 103 Å². The molecule has 9 nitrogen and oxygen atoms in total. The van der Waals surface area contributed by atoms with E-state index in [-0.39, 0.29) is 29.8 Å². The predicted octanol–water partition coefficient (Wildman–Crippen LogP) is 7.25. The first kappa shape index (κ1) is 37.9.